The third-order valence-corrected chi connectivity index (χ3v) is 4.43. The molecule has 22 heavy (non-hydrogen) atoms. The first-order valence-corrected chi connectivity index (χ1v) is 7.55. The van der Waals surface area contributed by atoms with Gasteiger partial charge in [-0.3, -0.25) is 4.79 Å². The van der Waals surface area contributed by atoms with E-state index in [0.29, 0.717) is 6.54 Å². The van der Waals surface area contributed by atoms with Gasteiger partial charge in [0, 0.05) is 12.6 Å². The molecule has 1 aliphatic rings. The van der Waals surface area contributed by atoms with Gasteiger partial charge in [-0.1, -0.05) is 24.3 Å². The Hall–Kier alpha value is -2.55. The first kappa shape index (κ1) is 13.1. The number of carbonyl (C=O) groups is 1. The fourth-order valence-corrected chi connectivity index (χ4v) is 3.35. The number of carbonyl (C=O) groups excluding carboxylic acids is 1. The highest BCUT2D eigenvalue weighted by molar-refractivity contribution is 6.09. The van der Waals surface area contributed by atoms with Crippen molar-refractivity contribution in [2.75, 3.05) is 7.05 Å². The van der Waals surface area contributed by atoms with Crippen molar-refractivity contribution in [1.82, 2.24) is 4.90 Å². The van der Waals surface area contributed by atoms with E-state index in [4.69, 9.17) is 4.42 Å². The van der Waals surface area contributed by atoms with Gasteiger partial charge in [-0.05, 0) is 52.9 Å². The molecule has 0 unspecified atom stereocenters. The lowest BCUT2D eigenvalue weighted by atomic mass is 9.99. The predicted octanol–water partition coefficient (Wildman–Crippen LogP) is 3.80. The van der Waals surface area contributed by atoms with Crippen molar-refractivity contribution in [2.24, 2.45) is 0 Å². The molecule has 3 nitrogen and oxygen atoms in total. The minimum Gasteiger partial charge on any atom is -0.467 e. The molecule has 4 rings (SSSR count). The van der Waals surface area contributed by atoms with Gasteiger partial charge in [-0.25, -0.2) is 0 Å². The highest BCUT2D eigenvalue weighted by atomic mass is 16.3. The lowest BCUT2D eigenvalue weighted by molar-refractivity contribution is 0.0777. The molecule has 110 valence electrons. The molecule has 1 aromatic heterocycles. The van der Waals surface area contributed by atoms with Crippen LogP contribution in [0.2, 0.25) is 0 Å². The van der Waals surface area contributed by atoms with Crippen molar-refractivity contribution in [3.63, 3.8) is 0 Å². The van der Waals surface area contributed by atoms with Crippen LogP contribution in [0.15, 0.2) is 53.1 Å². The van der Waals surface area contributed by atoms with Gasteiger partial charge in [0.2, 0.25) is 0 Å². The zero-order valence-electron chi connectivity index (χ0n) is 12.5. The Morgan fingerprint density at radius 2 is 1.91 bits per heavy atom. The lowest BCUT2D eigenvalue weighted by Gasteiger charge is -2.17. The molecular formula is C19H17NO2. The zero-order chi connectivity index (χ0) is 15.1. The van der Waals surface area contributed by atoms with E-state index in [1.165, 1.54) is 16.5 Å². The van der Waals surface area contributed by atoms with Crippen molar-refractivity contribution >= 4 is 16.7 Å². The molecule has 1 aliphatic carbocycles. The molecule has 3 aromatic rings. The molecule has 0 fully saturated rings. The summed E-state index contributed by atoms with van der Waals surface area (Å²) in [7, 11) is 1.81. The third-order valence-electron chi connectivity index (χ3n) is 4.43. The van der Waals surface area contributed by atoms with Crippen molar-refractivity contribution in [3.05, 3.63) is 71.2 Å². The van der Waals surface area contributed by atoms with E-state index in [9.17, 15) is 4.79 Å². The Bertz CT molecular complexity index is 839. The Balaban J connectivity index is 1.73. The Morgan fingerprint density at radius 3 is 2.68 bits per heavy atom. The number of benzene rings is 2. The molecule has 0 bridgehead atoms. The van der Waals surface area contributed by atoms with E-state index in [1.807, 2.05) is 25.2 Å². The fraction of sp³-hybridized carbons (Fsp3) is 0.211. The van der Waals surface area contributed by atoms with Gasteiger partial charge in [-0.2, -0.15) is 0 Å². The normalized spacial score (nSPS) is 12.8. The quantitative estimate of drug-likeness (QED) is 0.735. The van der Waals surface area contributed by atoms with Crippen LogP contribution >= 0.6 is 0 Å². The molecule has 0 N–H and O–H groups in total. The van der Waals surface area contributed by atoms with Crippen molar-refractivity contribution in [3.8, 4) is 0 Å². The van der Waals surface area contributed by atoms with Crippen molar-refractivity contribution in [2.45, 2.75) is 19.4 Å². The number of hydrogen-bond acceptors (Lipinski definition) is 2. The zero-order valence-corrected chi connectivity index (χ0v) is 12.5. The summed E-state index contributed by atoms with van der Waals surface area (Å²) in [4.78, 5) is 14.5. The molecule has 2 aromatic carbocycles. The van der Waals surface area contributed by atoms with Gasteiger partial charge < -0.3 is 9.32 Å². The summed E-state index contributed by atoms with van der Waals surface area (Å²) < 4.78 is 5.33. The maximum absolute atomic E-state index is 12.8. The van der Waals surface area contributed by atoms with Crippen LogP contribution < -0.4 is 0 Å². The van der Waals surface area contributed by atoms with Crippen LogP contribution in [-0.2, 0) is 19.4 Å². The molecule has 0 atom stereocenters. The van der Waals surface area contributed by atoms with Crippen LogP contribution in [0.3, 0.4) is 0 Å². The van der Waals surface area contributed by atoms with E-state index in [-0.39, 0.29) is 5.91 Å². The average Bonchev–Trinajstić information content (AvgIpc) is 3.18. The molecule has 0 aliphatic heterocycles. The minimum atomic E-state index is 0.0343. The molecule has 3 heteroatoms. The lowest BCUT2D eigenvalue weighted by Crippen LogP contribution is -2.26. The average molecular weight is 291 g/mol. The van der Waals surface area contributed by atoms with Gasteiger partial charge >= 0.3 is 0 Å². The summed E-state index contributed by atoms with van der Waals surface area (Å²) >= 11 is 0. The van der Waals surface area contributed by atoms with E-state index in [0.717, 1.165) is 29.6 Å². The molecule has 0 saturated carbocycles. The summed E-state index contributed by atoms with van der Waals surface area (Å²) in [5, 5.41) is 2.35. The van der Waals surface area contributed by atoms with E-state index in [1.54, 1.807) is 11.2 Å². The molecule has 0 spiro atoms. The Kier molecular flexibility index (Phi) is 3.00. The highest BCUT2D eigenvalue weighted by Gasteiger charge is 2.20. The van der Waals surface area contributed by atoms with Gasteiger partial charge in [0.1, 0.15) is 5.76 Å². The molecule has 1 amide bonds. The summed E-state index contributed by atoms with van der Waals surface area (Å²) in [6.07, 6.45) is 3.78. The highest BCUT2D eigenvalue weighted by Crippen LogP contribution is 2.33. The van der Waals surface area contributed by atoms with Gasteiger partial charge in [0.15, 0.2) is 0 Å². The Labute approximate surface area is 129 Å². The largest absolute Gasteiger partial charge is 0.467 e. The van der Waals surface area contributed by atoms with Crippen molar-refractivity contribution in [1.29, 1.82) is 0 Å². The summed E-state index contributed by atoms with van der Waals surface area (Å²) in [6, 6.07) is 14.1. The number of nitrogens with zero attached hydrogens (tertiary/aromatic N) is 1. The van der Waals surface area contributed by atoms with Crippen LogP contribution in [0.1, 0.15) is 27.2 Å². The number of rotatable bonds is 3. The topological polar surface area (TPSA) is 33.5 Å². The standard InChI is InChI=1S/C19H17NO2/c1-20(12-15-5-3-11-22-15)19(21)17-10-9-14-8-7-13-4-2-6-16(17)18(13)14/h2-6,9-11H,7-8,12H2,1H3. The van der Waals surface area contributed by atoms with Crippen LogP contribution in [0, 0.1) is 0 Å². The van der Waals surface area contributed by atoms with E-state index in [2.05, 4.69) is 24.3 Å². The first-order chi connectivity index (χ1) is 10.7. The second-order valence-corrected chi connectivity index (χ2v) is 5.85. The van der Waals surface area contributed by atoms with Gasteiger partial charge in [0.05, 0.1) is 12.8 Å². The summed E-state index contributed by atoms with van der Waals surface area (Å²) in [5.74, 6) is 0.828. The number of hydrogen-bond donors (Lipinski definition) is 0. The molecule has 1 heterocycles. The monoisotopic (exact) mass is 291 g/mol. The molecule has 0 saturated heterocycles. The number of furan rings is 1. The van der Waals surface area contributed by atoms with E-state index < -0.39 is 0 Å². The fourth-order valence-electron chi connectivity index (χ4n) is 3.35. The van der Waals surface area contributed by atoms with Gasteiger partial charge in [0.25, 0.3) is 5.91 Å². The van der Waals surface area contributed by atoms with Crippen LogP contribution in [0.5, 0.6) is 0 Å². The smallest absolute Gasteiger partial charge is 0.254 e. The molecular weight excluding hydrogens is 274 g/mol. The SMILES string of the molecule is CN(Cc1ccco1)C(=O)c1ccc2c3c(cccc13)CC2. The van der Waals surface area contributed by atoms with Crippen LogP contribution in [0.4, 0.5) is 0 Å². The maximum atomic E-state index is 12.8. The van der Waals surface area contributed by atoms with Gasteiger partial charge in [-0.15, -0.1) is 0 Å². The second kappa shape index (κ2) is 5.02. The second-order valence-electron chi connectivity index (χ2n) is 5.85. The predicted molar refractivity (Wildman–Crippen MR) is 85.9 cm³/mol. The Morgan fingerprint density at radius 1 is 1.09 bits per heavy atom. The summed E-state index contributed by atoms with van der Waals surface area (Å²) in [5.41, 5.74) is 3.49. The van der Waals surface area contributed by atoms with Crippen molar-refractivity contribution < 1.29 is 9.21 Å². The van der Waals surface area contributed by atoms with E-state index >= 15 is 0 Å². The molecule has 0 radical (unpaired) electrons. The van der Waals surface area contributed by atoms with Crippen LogP contribution in [-0.4, -0.2) is 17.9 Å². The van der Waals surface area contributed by atoms with Crippen LogP contribution in [0.25, 0.3) is 10.8 Å². The first-order valence-electron chi connectivity index (χ1n) is 7.55. The number of aryl methyl sites for hydroxylation is 2. The minimum absolute atomic E-state index is 0.0343. The summed E-state index contributed by atoms with van der Waals surface area (Å²) in [6.45, 7) is 0.481. The maximum Gasteiger partial charge on any atom is 0.254 e. The number of amides is 1. The third kappa shape index (κ3) is 2.01.